The van der Waals surface area contributed by atoms with Gasteiger partial charge in [0.25, 0.3) is 0 Å². The van der Waals surface area contributed by atoms with Crippen LogP contribution in [-0.2, 0) is 18.8 Å². The molecule has 4 aliphatic rings. The molecule has 3 aliphatic carbocycles. The van der Waals surface area contributed by atoms with E-state index in [0.717, 1.165) is 12.8 Å². The van der Waals surface area contributed by atoms with Crippen LogP contribution in [-0.4, -0.2) is 67.4 Å². The zero-order chi connectivity index (χ0) is 25.4. The van der Waals surface area contributed by atoms with Crippen molar-refractivity contribution in [2.45, 2.75) is 70.1 Å². The molecule has 3 N–H and O–H groups in total. The third kappa shape index (κ3) is 4.97. The van der Waals surface area contributed by atoms with E-state index in [1.807, 2.05) is 18.2 Å². The van der Waals surface area contributed by atoms with E-state index in [-0.39, 0.29) is 36.8 Å². The average molecular weight is 486 g/mol. The number of amides is 2. The van der Waals surface area contributed by atoms with Gasteiger partial charge < -0.3 is 29.8 Å². The largest absolute Gasteiger partial charge is 0.481 e. The third-order valence-corrected chi connectivity index (χ3v) is 8.35. The Morgan fingerprint density at radius 3 is 2.51 bits per heavy atom. The maximum absolute atomic E-state index is 13.0. The van der Waals surface area contributed by atoms with Crippen molar-refractivity contribution in [3.8, 4) is 0 Å². The highest BCUT2D eigenvalue weighted by molar-refractivity contribution is 6.48. The predicted octanol–water partition coefficient (Wildman–Crippen LogP) is 2.68. The van der Waals surface area contributed by atoms with Crippen LogP contribution in [0.3, 0.4) is 0 Å². The highest BCUT2D eigenvalue weighted by Crippen LogP contribution is 2.65. The van der Waals surface area contributed by atoms with Gasteiger partial charge in [0.05, 0.1) is 24.3 Å². The molecule has 1 aromatic rings. The van der Waals surface area contributed by atoms with Crippen molar-refractivity contribution >= 4 is 24.9 Å². The molecule has 2 bridgehead atoms. The summed E-state index contributed by atoms with van der Waals surface area (Å²) >= 11 is 0. The molecule has 35 heavy (non-hydrogen) atoms. The minimum absolute atomic E-state index is 0.0491. The molecule has 6 atom stereocenters. The fourth-order valence-electron chi connectivity index (χ4n) is 6.18. The number of ether oxygens (including phenoxy) is 1. The lowest BCUT2D eigenvalue weighted by Crippen LogP contribution is -2.65. The summed E-state index contributed by atoms with van der Waals surface area (Å²) < 4.78 is 17.9. The van der Waals surface area contributed by atoms with Gasteiger partial charge in [-0.1, -0.05) is 44.2 Å². The van der Waals surface area contributed by atoms with Crippen molar-refractivity contribution in [1.82, 2.24) is 10.6 Å². The average Bonchev–Trinajstić information content (AvgIpc) is 3.18. The fourth-order valence-corrected chi connectivity index (χ4v) is 6.18. The Labute approximate surface area is 206 Å². The number of hydrogen-bond donors (Lipinski definition) is 3. The molecule has 0 radical (unpaired) electrons. The SMILES string of the molecule is COC[C@@H](NC(=O)O)C(=O)N[C@@H](CCC(=O)c1ccccc1)B1O[C@@H]2C[C@@H]3C[C@@H](C3(C)C)[C@]2(C)O1. The Bertz CT molecular complexity index is 958. The summed E-state index contributed by atoms with van der Waals surface area (Å²) in [6.07, 6.45) is 1.05. The van der Waals surface area contributed by atoms with Gasteiger partial charge in [-0.2, -0.15) is 0 Å². The molecule has 5 rings (SSSR count). The van der Waals surface area contributed by atoms with Crippen LogP contribution in [0.4, 0.5) is 4.79 Å². The van der Waals surface area contributed by atoms with Crippen LogP contribution in [0, 0.1) is 17.3 Å². The predicted molar refractivity (Wildman–Crippen MR) is 129 cm³/mol. The highest BCUT2D eigenvalue weighted by atomic mass is 16.7. The van der Waals surface area contributed by atoms with Gasteiger partial charge in [0.2, 0.25) is 5.91 Å². The van der Waals surface area contributed by atoms with Crippen LogP contribution >= 0.6 is 0 Å². The van der Waals surface area contributed by atoms with E-state index in [4.69, 9.17) is 19.2 Å². The highest BCUT2D eigenvalue weighted by Gasteiger charge is 2.68. The van der Waals surface area contributed by atoms with Crippen LogP contribution in [0.15, 0.2) is 30.3 Å². The quantitative estimate of drug-likeness (QED) is 0.343. The second kappa shape index (κ2) is 9.91. The number of hydrogen-bond acceptors (Lipinski definition) is 6. The molecule has 3 saturated carbocycles. The van der Waals surface area contributed by atoms with Gasteiger partial charge in [0.15, 0.2) is 5.78 Å². The number of methoxy groups -OCH3 is 1. The number of Topliss-reactive ketones (excluding diaryl/α,β-unsaturated/α-hetero) is 1. The van der Waals surface area contributed by atoms with E-state index in [0.29, 0.717) is 17.4 Å². The Hall–Kier alpha value is -2.43. The van der Waals surface area contributed by atoms with Crippen LogP contribution in [0.2, 0.25) is 0 Å². The van der Waals surface area contributed by atoms with E-state index in [2.05, 4.69) is 31.4 Å². The van der Waals surface area contributed by atoms with Gasteiger partial charge in [-0.05, 0) is 43.4 Å². The number of rotatable bonds is 10. The summed E-state index contributed by atoms with van der Waals surface area (Å²) in [5.74, 6) is -0.310. The van der Waals surface area contributed by atoms with E-state index >= 15 is 0 Å². The topological polar surface area (TPSA) is 123 Å². The van der Waals surface area contributed by atoms with Gasteiger partial charge in [-0.3, -0.25) is 9.59 Å². The smallest absolute Gasteiger partial charge is 0.465 e. The maximum atomic E-state index is 13.0. The summed E-state index contributed by atoms with van der Waals surface area (Å²) in [5.41, 5.74) is 0.292. The molecule has 10 heteroatoms. The first-order valence-electron chi connectivity index (χ1n) is 12.3. The Morgan fingerprint density at radius 1 is 1.17 bits per heavy atom. The Kier molecular flexibility index (Phi) is 7.27. The van der Waals surface area contributed by atoms with Crippen molar-refractivity contribution in [3.63, 3.8) is 0 Å². The van der Waals surface area contributed by atoms with Crippen molar-refractivity contribution in [2.24, 2.45) is 17.3 Å². The monoisotopic (exact) mass is 486 g/mol. The molecular weight excluding hydrogens is 451 g/mol. The van der Waals surface area contributed by atoms with Gasteiger partial charge in [0, 0.05) is 19.1 Å². The summed E-state index contributed by atoms with van der Waals surface area (Å²) in [4.78, 5) is 37.0. The first-order valence-corrected chi connectivity index (χ1v) is 12.3. The van der Waals surface area contributed by atoms with Gasteiger partial charge in [0.1, 0.15) is 6.04 Å². The second-order valence-electron chi connectivity index (χ2n) is 10.7. The van der Waals surface area contributed by atoms with Crippen molar-refractivity contribution in [2.75, 3.05) is 13.7 Å². The number of carboxylic acid groups (broad SMARTS) is 1. The molecule has 1 aromatic carbocycles. The number of carbonyl (C=O) groups is 3. The maximum Gasteiger partial charge on any atom is 0.481 e. The number of benzene rings is 1. The first-order chi connectivity index (χ1) is 16.6. The third-order valence-electron chi connectivity index (χ3n) is 8.35. The van der Waals surface area contributed by atoms with Crippen LogP contribution < -0.4 is 10.6 Å². The lowest BCUT2D eigenvalue weighted by Gasteiger charge is -2.64. The molecule has 0 unspecified atom stereocenters. The Morgan fingerprint density at radius 2 is 1.89 bits per heavy atom. The van der Waals surface area contributed by atoms with Crippen molar-refractivity contribution in [3.05, 3.63) is 35.9 Å². The molecule has 4 fully saturated rings. The first kappa shape index (κ1) is 25.7. The minimum Gasteiger partial charge on any atom is -0.465 e. The number of ketones is 1. The minimum atomic E-state index is -1.33. The number of carbonyl (C=O) groups excluding carboxylic acids is 2. The molecule has 2 amide bonds. The standard InChI is InChI=1S/C25H35BN2O7/c1-24(2)16-12-19(24)25(3)20(13-16)34-26(35-25)21(11-10-18(29)15-8-6-5-7-9-15)28-22(30)17(14-33-4)27-23(31)32/h5-9,16-17,19-21,27H,10-14H2,1-4H3,(H,28,30)(H,31,32)/t16-,17+,19-,20+,21-,25-/m0/s1. The molecule has 1 saturated heterocycles. The summed E-state index contributed by atoms with van der Waals surface area (Å²) in [6, 6.07) is 7.88. The molecule has 9 nitrogen and oxygen atoms in total. The van der Waals surface area contributed by atoms with Gasteiger partial charge in [-0.25, -0.2) is 4.79 Å². The second-order valence-corrected chi connectivity index (χ2v) is 10.7. The van der Waals surface area contributed by atoms with Gasteiger partial charge >= 0.3 is 13.2 Å². The summed E-state index contributed by atoms with van der Waals surface area (Å²) in [6.45, 7) is 6.51. The number of nitrogens with one attached hydrogen (secondary N) is 2. The summed E-state index contributed by atoms with van der Waals surface area (Å²) in [7, 11) is 0.656. The fraction of sp³-hybridized carbons (Fsp3) is 0.640. The molecule has 1 heterocycles. The Balaban J connectivity index is 1.50. The van der Waals surface area contributed by atoms with E-state index in [9.17, 15) is 14.4 Å². The molecular formula is C25H35BN2O7. The van der Waals surface area contributed by atoms with E-state index in [1.165, 1.54) is 7.11 Å². The van der Waals surface area contributed by atoms with Crippen molar-refractivity contribution in [1.29, 1.82) is 0 Å². The lowest BCUT2D eigenvalue weighted by atomic mass is 9.43. The summed E-state index contributed by atoms with van der Waals surface area (Å²) in [5, 5.41) is 14.2. The van der Waals surface area contributed by atoms with Crippen LogP contribution in [0.1, 0.15) is 56.8 Å². The normalized spacial score (nSPS) is 29.9. The molecule has 1 aliphatic heterocycles. The van der Waals surface area contributed by atoms with E-state index in [1.54, 1.807) is 12.1 Å². The zero-order valence-corrected chi connectivity index (χ0v) is 20.8. The van der Waals surface area contributed by atoms with Crippen molar-refractivity contribution < 1.29 is 33.5 Å². The molecule has 190 valence electrons. The van der Waals surface area contributed by atoms with Crippen LogP contribution in [0.5, 0.6) is 0 Å². The van der Waals surface area contributed by atoms with Crippen LogP contribution in [0.25, 0.3) is 0 Å². The molecule has 0 aromatic heterocycles. The van der Waals surface area contributed by atoms with E-state index < -0.39 is 36.7 Å². The molecule has 0 spiro atoms. The lowest BCUT2D eigenvalue weighted by molar-refractivity contribution is -0.199. The zero-order valence-electron chi connectivity index (χ0n) is 20.8. The van der Waals surface area contributed by atoms with Gasteiger partial charge in [-0.15, -0.1) is 0 Å².